The summed E-state index contributed by atoms with van der Waals surface area (Å²) in [6.45, 7) is 6.15. The molecule has 0 bridgehead atoms. The van der Waals surface area contributed by atoms with Gasteiger partial charge in [-0.1, -0.05) is 11.6 Å². The summed E-state index contributed by atoms with van der Waals surface area (Å²) >= 11 is 7.42. The largest absolute Gasteiger partial charge is 0.369 e. The maximum absolute atomic E-state index is 12.4. The molecule has 2 aromatic carbocycles. The van der Waals surface area contributed by atoms with Gasteiger partial charge in [0.15, 0.2) is 0 Å². The Morgan fingerprint density at radius 1 is 1.04 bits per heavy atom. The third-order valence-electron chi connectivity index (χ3n) is 4.50. The monoisotopic (exact) mass is 389 g/mol. The number of amides is 1. The summed E-state index contributed by atoms with van der Waals surface area (Å²) in [6.07, 6.45) is 0. The molecule has 0 radical (unpaired) electrons. The quantitative estimate of drug-likeness (QED) is 0.777. The van der Waals surface area contributed by atoms with E-state index < -0.39 is 0 Å². The molecule has 1 aliphatic heterocycles. The number of carbonyl (C=O) groups excluding carboxylic acids is 1. The molecule has 1 heterocycles. The van der Waals surface area contributed by atoms with Crippen LogP contribution in [0.25, 0.3) is 0 Å². The van der Waals surface area contributed by atoms with E-state index in [2.05, 4.69) is 34.3 Å². The SMILES string of the molecule is CC(Sc1ccc(Cl)cc1)C(=O)Nc1ccc(N2CCN(C)CC2)cc1. The lowest BCUT2D eigenvalue weighted by molar-refractivity contribution is -0.115. The molecule has 1 amide bonds. The van der Waals surface area contributed by atoms with Gasteiger partial charge in [0.2, 0.25) is 5.91 Å². The van der Waals surface area contributed by atoms with Gasteiger partial charge in [0.25, 0.3) is 0 Å². The highest BCUT2D eigenvalue weighted by atomic mass is 35.5. The minimum atomic E-state index is -0.187. The predicted octanol–water partition coefficient (Wildman–Crippen LogP) is 4.21. The standard InChI is InChI=1S/C20H24ClN3OS/c1-15(26-19-9-3-16(21)4-10-19)20(25)22-17-5-7-18(8-6-17)24-13-11-23(2)12-14-24/h3-10,15H,11-14H2,1-2H3,(H,22,25). The van der Waals surface area contributed by atoms with Crippen molar-refractivity contribution >= 4 is 40.6 Å². The van der Waals surface area contributed by atoms with E-state index in [4.69, 9.17) is 11.6 Å². The van der Waals surface area contributed by atoms with Gasteiger partial charge in [-0.25, -0.2) is 0 Å². The van der Waals surface area contributed by atoms with Crippen LogP contribution in [0.2, 0.25) is 5.02 Å². The van der Waals surface area contributed by atoms with Crippen LogP contribution in [0, 0.1) is 0 Å². The first kappa shape index (κ1) is 19.1. The summed E-state index contributed by atoms with van der Waals surface area (Å²) in [6, 6.07) is 15.7. The number of nitrogens with one attached hydrogen (secondary N) is 1. The molecule has 138 valence electrons. The Kier molecular flexibility index (Phi) is 6.46. The molecule has 26 heavy (non-hydrogen) atoms. The summed E-state index contributed by atoms with van der Waals surface area (Å²) < 4.78 is 0. The van der Waals surface area contributed by atoms with Crippen molar-refractivity contribution in [3.05, 3.63) is 53.6 Å². The normalized spacial score (nSPS) is 16.3. The topological polar surface area (TPSA) is 35.6 Å². The molecule has 1 unspecified atom stereocenters. The number of nitrogens with zero attached hydrogens (tertiary/aromatic N) is 2. The smallest absolute Gasteiger partial charge is 0.237 e. The van der Waals surface area contributed by atoms with E-state index in [9.17, 15) is 4.79 Å². The molecule has 1 aliphatic rings. The number of piperazine rings is 1. The first-order chi connectivity index (χ1) is 12.5. The van der Waals surface area contributed by atoms with Gasteiger partial charge in [-0.3, -0.25) is 4.79 Å². The summed E-state index contributed by atoms with van der Waals surface area (Å²) in [5.41, 5.74) is 2.04. The van der Waals surface area contributed by atoms with Crippen LogP contribution in [-0.4, -0.2) is 49.3 Å². The van der Waals surface area contributed by atoms with Crippen molar-refractivity contribution in [1.29, 1.82) is 0 Å². The summed E-state index contributed by atoms with van der Waals surface area (Å²) in [7, 11) is 2.15. The lowest BCUT2D eigenvalue weighted by Gasteiger charge is -2.34. The molecule has 2 aromatic rings. The summed E-state index contributed by atoms with van der Waals surface area (Å²) in [4.78, 5) is 18.2. The molecular weight excluding hydrogens is 366 g/mol. The van der Waals surface area contributed by atoms with E-state index in [0.29, 0.717) is 5.02 Å². The number of thioether (sulfide) groups is 1. The number of benzene rings is 2. The van der Waals surface area contributed by atoms with Crippen molar-refractivity contribution in [2.24, 2.45) is 0 Å². The van der Waals surface area contributed by atoms with Gasteiger partial charge < -0.3 is 15.1 Å². The molecule has 3 rings (SSSR count). The van der Waals surface area contributed by atoms with Gasteiger partial charge in [0.05, 0.1) is 5.25 Å². The molecule has 1 N–H and O–H groups in total. The molecule has 0 saturated carbocycles. The Bertz CT molecular complexity index is 728. The number of hydrogen-bond acceptors (Lipinski definition) is 4. The number of likely N-dealkylation sites (N-methyl/N-ethyl adjacent to an activating group) is 1. The average molecular weight is 390 g/mol. The van der Waals surface area contributed by atoms with Gasteiger partial charge in [-0.05, 0) is 62.5 Å². The van der Waals surface area contributed by atoms with Crippen molar-refractivity contribution in [2.75, 3.05) is 43.4 Å². The predicted molar refractivity (Wildman–Crippen MR) is 112 cm³/mol. The van der Waals surface area contributed by atoms with Crippen molar-refractivity contribution in [3.8, 4) is 0 Å². The van der Waals surface area contributed by atoms with E-state index in [1.54, 1.807) is 0 Å². The van der Waals surface area contributed by atoms with Crippen LogP contribution in [0.5, 0.6) is 0 Å². The van der Waals surface area contributed by atoms with Crippen LogP contribution in [0.3, 0.4) is 0 Å². The van der Waals surface area contributed by atoms with Crippen LogP contribution < -0.4 is 10.2 Å². The lowest BCUT2D eigenvalue weighted by atomic mass is 10.2. The minimum Gasteiger partial charge on any atom is -0.369 e. The first-order valence-corrected chi connectivity index (χ1v) is 10.0. The molecule has 1 fully saturated rings. The number of hydrogen-bond donors (Lipinski definition) is 1. The van der Waals surface area contributed by atoms with E-state index in [1.165, 1.54) is 17.4 Å². The number of rotatable bonds is 5. The average Bonchev–Trinajstić information content (AvgIpc) is 2.65. The molecule has 0 aromatic heterocycles. The van der Waals surface area contributed by atoms with Crippen LogP contribution >= 0.6 is 23.4 Å². The zero-order valence-corrected chi connectivity index (χ0v) is 16.7. The molecule has 0 spiro atoms. The second-order valence-corrected chi connectivity index (χ2v) is 8.39. The van der Waals surface area contributed by atoms with Gasteiger partial charge in [0.1, 0.15) is 0 Å². The Hall–Kier alpha value is -1.69. The summed E-state index contributed by atoms with van der Waals surface area (Å²) in [5, 5.41) is 3.51. The molecular formula is C20H24ClN3OS. The maximum Gasteiger partial charge on any atom is 0.237 e. The highest BCUT2D eigenvalue weighted by molar-refractivity contribution is 8.00. The molecule has 0 aliphatic carbocycles. The second kappa shape index (κ2) is 8.80. The minimum absolute atomic E-state index is 0.00250. The first-order valence-electron chi connectivity index (χ1n) is 8.78. The van der Waals surface area contributed by atoms with Crippen molar-refractivity contribution in [2.45, 2.75) is 17.1 Å². The van der Waals surface area contributed by atoms with E-state index >= 15 is 0 Å². The zero-order valence-electron chi connectivity index (χ0n) is 15.1. The van der Waals surface area contributed by atoms with Crippen LogP contribution in [0.15, 0.2) is 53.4 Å². The number of halogens is 1. The van der Waals surface area contributed by atoms with Crippen molar-refractivity contribution in [1.82, 2.24) is 4.90 Å². The van der Waals surface area contributed by atoms with Crippen LogP contribution in [-0.2, 0) is 4.79 Å². The van der Waals surface area contributed by atoms with E-state index in [0.717, 1.165) is 36.8 Å². The molecule has 1 saturated heterocycles. The fourth-order valence-electron chi connectivity index (χ4n) is 2.83. The van der Waals surface area contributed by atoms with Crippen molar-refractivity contribution in [3.63, 3.8) is 0 Å². The highest BCUT2D eigenvalue weighted by Crippen LogP contribution is 2.26. The van der Waals surface area contributed by atoms with Gasteiger partial charge in [-0.15, -0.1) is 11.8 Å². The van der Waals surface area contributed by atoms with Gasteiger partial charge >= 0.3 is 0 Å². The Morgan fingerprint density at radius 2 is 1.65 bits per heavy atom. The molecule has 1 atom stereocenters. The zero-order chi connectivity index (χ0) is 18.5. The van der Waals surface area contributed by atoms with E-state index in [1.807, 2.05) is 43.3 Å². The summed E-state index contributed by atoms with van der Waals surface area (Å²) in [5.74, 6) is -0.00250. The number of carbonyl (C=O) groups is 1. The van der Waals surface area contributed by atoms with E-state index in [-0.39, 0.29) is 11.2 Å². The Labute approximate surface area is 164 Å². The maximum atomic E-state index is 12.4. The second-order valence-electron chi connectivity index (χ2n) is 6.54. The van der Waals surface area contributed by atoms with Crippen LogP contribution in [0.1, 0.15) is 6.92 Å². The lowest BCUT2D eigenvalue weighted by Crippen LogP contribution is -2.44. The fourth-order valence-corrected chi connectivity index (χ4v) is 3.83. The third-order valence-corrected chi connectivity index (χ3v) is 5.86. The van der Waals surface area contributed by atoms with Crippen molar-refractivity contribution < 1.29 is 4.79 Å². The van der Waals surface area contributed by atoms with Crippen LogP contribution in [0.4, 0.5) is 11.4 Å². The number of anilines is 2. The highest BCUT2D eigenvalue weighted by Gasteiger charge is 2.16. The third kappa shape index (κ3) is 5.16. The Morgan fingerprint density at radius 3 is 2.27 bits per heavy atom. The molecule has 4 nitrogen and oxygen atoms in total. The van der Waals surface area contributed by atoms with Gasteiger partial charge in [0, 0.05) is 47.5 Å². The molecule has 6 heteroatoms. The van der Waals surface area contributed by atoms with Gasteiger partial charge in [-0.2, -0.15) is 0 Å². The fraction of sp³-hybridized carbons (Fsp3) is 0.350. The Balaban J connectivity index is 1.54.